The molecule has 2 amide bonds. The lowest BCUT2D eigenvalue weighted by atomic mass is 10.1. The van der Waals surface area contributed by atoms with Crippen molar-refractivity contribution in [3.05, 3.63) is 94.5 Å². The Morgan fingerprint density at radius 1 is 0.950 bits per heavy atom. The van der Waals surface area contributed by atoms with Crippen molar-refractivity contribution in [3.63, 3.8) is 0 Å². The molecule has 0 spiro atoms. The predicted octanol–water partition coefficient (Wildman–Crippen LogP) is 5.72. The molecule has 0 saturated carbocycles. The second-order valence-electron chi connectivity index (χ2n) is 9.70. The Morgan fingerprint density at radius 3 is 2.27 bits per heavy atom. The summed E-state index contributed by atoms with van der Waals surface area (Å²) >= 11 is 3.42. The highest BCUT2D eigenvalue weighted by molar-refractivity contribution is 9.10. The molecule has 9 heteroatoms. The van der Waals surface area contributed by atoms with Gasteiger partial charge in [-0.2, -0.15) is 0 Å². The van der Waals surface area contributed by atoms with Crippen LogP contribution in [0.4, 0.5) is 5.69 Å². The number of sulfonamides is 1. The number of nitrogens with one attached hydrogen (secondary N) is 1. The first-order chi connectivity index (χ1) is 19.2. The number of halogens is 1. The number of carbonyl (C=O) groups excluding carboxylic acids is 2. The van der Waals surface area contributed by atoms with E-state index in [-0.39, 0.29) is 17.3 Å². The lowest BCUT2D eigenvalue weighted by Crippen LogP contribution is -2.53. The molecule has 0 aliphatic heterocycles. The molecule has 1 N–H and O–H groups in total. The summed E-state index contributed by atoms with van der Waals surface area (Å²) in [7, 11) is -4.09. The van der Waals surface area contributed by atoms with Crippen molar-refractivity contribution in [2.45, 2.75) is 57.4 Å². The Balaban J connectivity index is 1.98. The minimum absolute atomic E-state index is 0.0889. The fourth-order valence-electron chi connectivity index (χ4n) is 4.40. The van der Waals surface area contributed by atoms with Gasteiger partial charge in [0.05, 0.1) is 10.6 Å². The quantitative estimate of drug-likeness (QED) is 0.232. The third-order valence-electron chi connectivity index (χ3n) is 6.68. The van der Waals surface area contributed by atoms with Crippen LogP contribution in [0.5, 0.6) is 0 Å². The van der Waals surface area contributed by atoms with Crippen molar-refractivity contribution in [2.24, 2.45) is 0 Å². The van der Waals surface area contributed by atoms with Gasteiger partial charge in [-0.05, 0) is 62.1 Å². The van der Waals surface area contributed by atoms with Crippen molar-refractivity contribution < 1.29 is 18.0 Å². The molecule has 0 bridgehead atoms. The second kappa shape index (κ2) is 15.0. The number of amides is 2. The fourth-order valence-corrected chi connectivity index (χ4v) is 6.19. The van der Waals surface area contributed by atoms with Gasteiger partial charge in [-0.15, -0.1) is 0 Å². The van der Waals surface area contributed by atoms with Gasteiger partial charge in [0.15, 0.2) is 0 Å². The Labute approximate surface area is 246 Å². The standard InChI is InChI=1S/C31H38BrN3O4S/c1-4-6-20-33-31(37)29(5-2)34(21-19-25-11-8-7-9-12-25)30(36)23-35(27-14-10-13-26(32)22-27)40(38,39)28-17-15-24(3)16-18-28/h7-18,22,29H,4-6,19-21,23H2,1-3H3,(H,33,37)/t29-/m0/s1. The number of anilines is 1. The topological polar surface area (TPSA) is 86.8 Å². The Hall–Kier alpha value is -3.17. The first-order valence-electron chi connectivity index (χ1n) is 13.6. The highest BCUT2D eigenvalue weighted by atomic mass is 79.9. The number of unbranched alkanes of at least 4 members (excludes halogenated alkanes) is 1. The van der Waals surface area contributed by atoms with Crippen molar-refractivity contribution in [2.75, 3.05) is 23.9 Å². The summed E-state index contributed by atoms with van der Waals surface area (Å²) in [5.41, 5.74) is 2.31. The summed E-state index contributed by atoms with van der Waals surface area (Å²) in [6.45, 7) is 6.15. The van der Waals surface area contributed by atoms with E-state index < -0.39 is 28.5 Å². The molecule has 0 unspecified atom stereocenters. The van der Waals surface area contributed by atoms with E-state index in [1.165, 1.54) is 4.90 Å². The van der Waals surface area contributed by atoms with Gasteiger partial charge in [0.1, 0.15) is 12.6 Å². The molecule has 0 fully saturated rings. The minimum atomic E-state index is -4.09. The smallest absolute Gasteiger partial charge is 0.264 e. The van der Waals surface area contributed by atoms with Crippen molar-refractivity contribution >= 4 is 43.5 Å². The molecule has 3 rings (SSSR count). The zero-order valence-corrected chi connectivity index (χ0v) is 25.7. The van der Waals surface area contributed by atoms with Crippen LogP contribution in [0.3, 0.4) is 0 Å². The van der Waals surface area contributed by atoms with Crippen LogP contribution in [0.25, 0.3) is 0 Å². The number of aryl methyl sites for hydroxylation is 1. The van der Waals surface area contributed by atoms with Crippen LogP contribution < -0.4 is 9.62 Å². The maximum atomic E-state index is 14.0. The summed E-state index contributed by atoms with van der Waals surface area (Å²) in [6, 6.07) is 22.4. The van der Waals surface area contributed by atoms with Gasteiger partial charge in [0, 0.05) is 17.6 Å². The molecule has 214 valence electrons. The molecule has 40 heavy (non-hydrogen) atoms. The first-order valence-corrected chi connectivity index (χ1v) is 15.9. The van der Waals surface area contributed by atoms with Crippen LogP contribution in [-0.2, 0) is 26.0 Å². The molecule has 3 aromatic carbocycles. The maximum Gasteiger partial charge on any atom is 0.264 e. The lowest BCUT2D eigenvalue weighted by Gasteiger charge is -2.33. The van der Waals surface area contributed by atoms with E-state index in [0.717, 1.165) is 28.3 Å². The van der Waals surface area contributed by atoms with E-state index in [4.69, 9.17) is 0 Å². The van der Waals surface area contributed by atoms with Crippen LogP contribution in [0.2, 0.25) is 0 Å². The largest absolute Gasteiger partial charge is 0.354 e. The SMILES string of the molecule is CCCCNC(=O)[C@H](CC)N(CCc1ccccc1)C(=O)CN(c1cccc(Br)c1)S(=O)(=O)c1ccc(C)cc1. The van der Waals surface area contributed by atoms with E-state index in [1.807, 2.05) is 51.1 Å². The number of hydrogen-bond donors (Lipinski definition) is 1. The van der Waals surface area contributed by atoms with Gasteiger partial charge < -0.3 is 10.2 Å². The van der Waals surface area contributed by atoms with E-state index >= 15 is 0 Å². The summed E-state index contributed by atoms with van der Waals surface area (Å²) in [6.07, 6.45) is 2.71. The third-order valence-corrected chi connectivity index (χ3v) is 8.97. The van der Waals surface area contributed by atoms with Crippen LogP contribution >= 0.6 is 15.9 Å². The normalized spacial score (nSPS) is 12.0. The summed E-state index contributed by atoms with van der Waals surface area (Å²) in [5.74, 6) is -0.670. The Bertz CT molecular complexity index is 1360. The van der Waals surface area contributed by atoms with Crippen molar-refractivity contribution in [1.29, 1.82) is 0 Å². The molecular formula is C31H38BrN3O4S. The van der Waals surface area contributed by atoms with Gasteiger partial charge in [0.2, 0.25) is 11.8 Å². The summed E-state index contributed by atoms with van der Waals surface area (Å²) in [4.78, 5) is 28.9. The van der Waals surface area contributed by atoms with Crippen LogP contribution in [0, 0.1) is 6.92 Å². The molecule has 0 saturated heterocycles. The van der Waals surface area contributed by atoms with Gasteiger partial charge in [-0.25, -0.2) is 8.42 Å². The second-order valence-corrected chi connectivity index (χ2v) is 12.5. The Morgan fingerprint density at radius 2 is 1.65 bits per heavy atom. The molecule has 0 aliphatic carbocycles. The van der Waals surface area contributed by atoms with Gasteiger partial charge in [0.25, 0.3) is 10.0 Å². The molecular weight excluding hydrogens is 590 g/mol. The van der Waals surface area contributed by atoms with Gasteiger partial charge in [-0.3, -0.25) is 13.9 Å². The number of hydrogen-bond acceptors (Lipinski definition) is 4. The average molecular weight is 629 g/mol. The monoisotopic (exact) mass is 627 g/mol. The van der Waals surface area contributed by atoms with Crippen molar-refractivity contribution in [3.8, 4) is 0 Å². The average Bonchev–Trinajstić information content (AvgIpc) is 2.94. The zero-order chi connectivity index (χ0) is 29.1. The highest BCUT2D eigenvalue weighted by Gasteiger charge is 2.33. The predicted molar refractivity (Wildman–Crippen MR) is 164 cm³/mol. The number of benzene rings is 3. The molecule has 0 heterocycles. The van der Waals surface area contributed by atoms with E-state index in [1.54, 1.807) is 48.5 Å². The van der Waals surface area contributed by atoms with Crippen molar-refractivity contribution in [1.82, 2.24) is 10.2 Å². The minimum Gasteiger partial charge on any atom is -0.354 e. The summed E-state index contributed by atoms with van der Waals surface area (Å²) < 4.78 is 29.6. The van der Waals surface area contributed by atoms with Gasteiger partial charge >= 0.3 is 0 Å². The molecule has 7 nitrogen and oxygen atoms in total. The molecule has 0 aromatic heterocycles. The highest BCUT2D eigenvalue weighted by Crippen LogP contribution is 2.27. The number of rotatable bonds is 14. The van der Waals surface area contributed by atoms with Crippen LogP contribution in [0.1, 0.15) is 44.2 Å². The molecule has 1 atom stereocenters. The fraction of sp³-hybridized carbons (Fsp3) is 0.355. The van der Waals surface area contributed by atoms with E-state index in [9.17, 15) is 18.0 Å². The molecule has 0 radical (unpaired) electrons. The lowest BCUT2D eigenvalue weighted by molar-refractivity contribution is -0.139. The van der Waals surface area contributed by atoms with Crippen LogP contribution in [-0.4, -0.2) is 50.8 Å². The zero-order valence-electron chi connectivity index (χ0n) is 23.3. The Kier molecular flexibility index (Phi) is 11.8. The number of nitrogens with zero attached hydrogens (tertiary/aromatic N) is 2. The third kappa shape index (κ3) is 8.41. The first kappa shape index (κ1) is 31.4. The van der Waals surface area contributed by atoms with E-state index in [0.29, 0.717) is 29.5 Å². The molecule has 3 aromatic rings. The maximum absolute atomic E-state index is 14.0. The number of carbonyl (C=O) groups is 2. The molecule has 0 aliphatic rings. The van der Waals surface area contributed by atoms with Gasteiger partial charge in [-0.1, -0.05) is 90.3 Å². The summed E-state index contributed by atoms with van der Waals surface area (Å²) in [5, 5.41) is 2.95. The van der Waals surface area contributed by atoms with Crippen LogP contribution in [0.15, 0.2) is 88.2 Å². The van der Waals surface area contributed by atoms with E-state index in [2.05, 4.69) is 21.2 Å².